The van der Waals surface area contributed by atoms with Crippen molar-refractivity contribution in [1.82, 2.24) is 14.3 Å². The first-order valence-electron chi connectivity index (χ1n) is 5.66. The summed E-state index contributed by atoms with van der Waals surface area (Å²) in [6.07, 6.45) is 4.82. The third kappa shape index (κ3) is 3.00. The highest BCUT2D eigenvalue weighted by Gasteiger charge is 2.28. The molecule has 1 saturated carbocycles. The van der Waals surface area contributed by atoms with Gasteiger partial charge in [0.05, 0.1) is 6.33 Å². The average molecular weight is 278 g/mol. The van der Waals surface area contributed by atoms with E-state index in [1.165, 1.54) is 12.5 Å². The molecule has 1 heterocycles. The summed E-state index contributed by atoms with van der Waals surface area (Å²) in [4.78, 5) is 3.88. The summed E-state index contributed by atoms with van der Waals surface area (Å²) in [6, 6.07) is 0. The van der Waals surface area contributed by atoms with Crippen LogP contribution < -0.4 is 4.72 Å². The summed E-state index contributed by atoms with van der Waals surface area (Å²) in [5, 5.41) is 0.296. The van der Waals surface area contributed by atoms with Crippen LogP contribution in [0.5, 0.6) is 0 Å². The summed E-state index contributed by atoms with van der Waals surface area (Å²) in [5.41, 5.74) is 0. The van der Waals surface area contributed by atoms with Gasteiger partial charge in [0, 0.05) is 24.7 Å². The molecule has 96 valence electrons. The summed E-state index contributed by atoms with van der Waals surface area (Å²) in [6.45, 7) is 3.09. The Kier molecular flexibility index (Phi) is 3.75. The molecule has 0 atom stereocenters. The second-order valence-electron chi connectivity index (χ2n) is 4.33. The van der Waals surface area contributed by atoms with Crippen LogP contribution in [0.3, 0.4) is 0 Å². The molecule has 17 heavy (non-hydrogen) atoms. The van der Waals surface area contributed by atoms with Crippen LogP contribution >= 0.6 is 11.6 Å². The zero-order valence-electron chi connectivity index (χ0n) is 9.63. The molecular formula is C10H16ClN3O2S. The van der Waals surface area contributed by atoms with Gasteiger partial charge in [-0.1, -0.05) is 0 Å². The highest BCUT2D eigenvalue weighted by atomic mass is 35.5. The molecule has 0 aromatic carbocycles. The predicted molar refractivity (Wildman–Crippen MR) is 65.5 cm³/mol. The molecule has 0 bridgehead atoms. The van der Waals surface area contributed by atoms with Gasteiger partial charge in [0.15, 0.2) is 5.03 Å². The Morgan fingerprint density at radius 3 is 2.82 bits per heavy atom. The Morgan fingerprint density at radius 2 is 2.29 bits per heavy atom. The second-order valence-corrected chi connectivity index (χ2v) is 6.66. The zero-order valence-corrected chi connectivity index (χ0v) is 11.2. The van der Waals surface area contributed by atoms with Gasteiger partial charge in [0.1, 0.15) is 0 Å². The van der Waals surface area contributed by atoms with Gasteiger partial charge in [-0.25, -0.2) is 18.1 Å². The van der Waals surface area contributed by atoms with Gasteiger partial charge in [-0.05, 0) is 25.7 Å². The van der Waals surface area contributed by atoms with Gasteiger partial charge >= 0.3 is 0 Å². The minimum Gasteiger partial charge on any atom is -0.336 e. The number of halogens is 1. The van der Waals surface area contributed by atoms with Crippen LogP contribution in [0.2, 0.25) is 0 Å². The third-order valence-electron chi connectivity index (χ3n) is 2.99. The number of hydrogen-bond acceptors (Lipinski definition) is 3. The van der Waals surface area contributed by atoms with E-state index in [9.17, 15) is 8.42 Å². The number of alkyl halides is 1. The summed E-state index contributed by atoms with van der Waals surface area (Å²) in [5.74, 6) is 0.362. The fourth-order valence-electron chi connectivity index (χ4n) is 1.77. The van der Waals surface area contributed by atoms with Crippen molar-refractivity contribution in [3.63, 3.8) is 0 Å². The van der Waals surface area contributed by atoms with Crippen molar-refractivity contribution >= 4 is 21.6 Å². The third-order valence-corrected chi connectivity index (χ3v) is 4.65. The number of sulfonamides is 1. The number of imidazole rings is 1. The van der Waals surface area contributed by atoms with E-state index in [1.807, 2.05) is 6.92 Å². The van der Waals surface area contributed by atoms with Gasteiger partial charge < -0.3 is 4.57 Å². The number of aryl methyl sites for hydroxylation is 1. The summed E-state index contributed by atoms with van der Waals surface area (Å²) < 4.78 is 28.0. The van der Waals surface area contributed by atoms with E-state index < -0.39 is 10.0 Å². The van der Waals surface area contributed by atoms with Crippen molar-refractivity contribution in [1.29, 1.82) is 0 Å². The Morgan fingerprint density at radius 1 is 1.59 bits per heavy atom. The average Bonchev–Trinajstić information content (AvgIpc) is 2.72. The molecule has 1 aliphatic rings. The van der Waals surface area contributed by atoms with Gasteiger partial charge in [-0.15, -0.1) is 11.6 Å². The van der Waals surface area contributed by atoms with Crippen LogP contribution in [-0.4, -0.2) is 29.9 Å². The van der Waals surface area contributed by atoms with Crippen LogP contribution in [-0.2, 0) is 16.6 Å². The maximum atomic E-state index is 11.9. The lowest BCUT2D eigenvalue weighted by molar-refractivity contribution is 0.323. The molecule has 0 saturated heterocycles. The second kappa shape index (κ2) is 4.96. The Balaban J connectivity index is 1.94. The monoisotopic (exact) mass is 277 g/mol. The summed E-state index contributed by atoms with van der Waals surface area (Å²) >= 11 is 5.84. The normalized spacial score (nSPS) is 24.6. The fraction of sp³-hybridized carbons (Fsp3) is 0.700. The molecule has 1 aliphatic carbocycles. The largest absolute Gasteiger partial charge is 0.336 e. The van der Waals surface area contributed by atoms with E-state index in [2.05, 4.69) is 9.71 Å². The van der Waals surface area contributed by atoms with E-state index in [1.54, 1.807) is 4.57 Å². The first kappa shape index (κ1) is 12.9. The number of nitrogens with zero attached hydrogens (tertiary/aromatic N) is 2. The van der Waals surface area contributed by atoms with Gasteiger partial charge in [0.2, 0.25) is 0 Å². The smallest absolute Gasteiger partial charge is 0.259 e. The molecule has 2 rings (SSSR count). The lowest BCUT2D eigenvalue weighted by Crippen LogP contribution is -2.36. The van der Waals surface area contributed by atoms with Crippen molar-refractivity contribution in [2.75, 3.05) is 6.54 Å². The fourth-order valence-corrected chi connectivity index (χ4v) is 3.34. The summed E-state index contributed by atoms with van der Waals surface area (Å²) in [7, 11) is -3.46. The number of rotatable bonds is 5. The van der Waals surface area contributed by atoms with Gasteiger partial charge in [0.25, 0.3) is 10.0 Å². The lowest BCUT2D eigenvalue weighted by atomic mass is 9.85. The number of nitrogens with one attached hydrogen (secondary N) is 1. The molecule has 1 N–H and O–H groups in total. The topological polar surface area (TPSA) is 64.0 Å². The maximum absolute atomic E-state index is 11.9. The molecule has 1 fully saturated rings. The van der Waals surface area contributed by atoms with Crippen molar-refractivity contribution in [3.05, 3.63) is 12.5 Å². The van der Waals surface area contributed by atoms with E-state index in [0.29, 0.717) is 19.0 Å². The molecule has 0 radical (unpaired) electrons. The van der Waals surface area contributed by atoms with Crippen LogP contribution in [0, 0.1) is 5.92 Å². The number of aromatic nitrogens is 2. The Labute approximate surface area is 106 Å². The zero-order chi connectivity index (χ0) is 12.5. The molecule has 0 unspecified atom stereocenters. The number of hydrogen-bond donors (Lipinski definition) is 1. The Bertz CT molecular complexity index is 479. The first-order valence-corrected chi connectivity index (χ1v) is 7.58. The first-order chi connectivity index (χ1) is 8.01. The highest BCUT2D eigenvalue weighted by molar-refractivity contribution is 7.89. The molecule has 0 spiro atoms. The van der Waals surface area contributed by atoms with E-state index in [4.69, 9.17) is 11.6 Å². The molecule has 7 heteroatoms. The van der Waals surface area contributed by atoms with E-state index in [0.717, 1.165) is 12.8 Å². The van der Waals surface area contributed by atoms with Gasteiger partial charge in [-0.3, -0.25) is 0 Å². The highest BCUT2D eigenvalue weighted by Crippen LogP contribution is 2.31. The van der Waals surface area contributed by atoms with Crippen molar-refractivity contribution in [3.8, 4) is 0 Å². The van der Waals surface area contributed by atoms with Crippen molar-refractivity contribution < 1.29 is 8.42 Å². The SMILES string of the molecule is CCn1cnc(S(=O)(=O)NCC2CC(Cl)C2)c1. The lowest BCUT2D eigenvalue weighted by Gasteiger charge is -2.30. The van der Waals surface area contributed by atoms with Gasteiger partial charge in [-0.2, -0.15) is 0 Å². The molecule has 0 amide bonds. The van der Waals surface area contributed by atoms with Crippen molar-refractivity contribution in [2.45, 2.75) is 36.7 Å². The Hall–Kier alpha value is -0.590. The minimum absolute atomic E-state index is 0.0843. The van der Waals surface area contributed by atoms with E-state index in [-0.39, 0.29) is 10.4 Å². The maximum Gasteiger partial charge on any atom is 0.259 e. The molecule has 0 aliphatic heterocycles. The molecular weight excluding hydrogens is 262 g/mol. The van der Waals surface area contributed by atoms with Crippen LogP contribution in [0.4, 0.5) is 0 Å². The van der Waals surface area contributed by atoms with E-state index >= 15 is 0 Å². The predicted octanol–water partition coefficient (Wildman–Crippen LogP) is 1.20. The van der Waals surface area contributed by atoms with Crippen LogP contribution in [0.1, 0.15) is 19.8 Å². The molecule has 1 aromatic heterocycles. The van der Waals surface area contributed by atoms with Crippen LogP contribution in [0.15, 0.2) is 17.6 Å². The van der Waals surface area contributed by atoms with Crippen molar-refractivity contribution in [2.24, 2.45) is 5.92 Å². The standard InChI is InChI=1S/C10H16ClN3O2S/c1-2-14-6-10(12-7-14)17(15,16)13-5-8-3-9(11)4-8/h6-9,13H,2-5H2,1H3. The molecule has 1 aromatic rings. The quantitative estimate of drug-likeness (QED) is 0.823. The molecule has 5 nitrogen and oxygen atoms in total. The van der Waals surface area contributed by atoms with Crippen LogP contribution in [0.25, 0.3) is 0 Å². The minimum atomic E-state index is -3.46.